The molecule has 2 aliphatic heterocycles. The van der Waals surface area contributed by atoms with Crippen molar-refractivity contribution in [3.63, 3.8) is 0 Å². The summed E-state index contributed by atoms with van der Waals surface area (Å²) in [4.78, 5) is 19.6. The number of fused-ring (bicyclic) bond motifs is 3. The largest absolute Gasteiger partial charge is 0.494 e. The van der Waals surface area contributed by atoms with Gasteiger partial charge in [-0.15, -0.1) is 10.2 Å². The van der Waals surface area contributed by atoms with Gasteiger partial charge in [0.2, 0.25) is 0 Å². The molecule has 1 aromatic carbocycles. The average molecular weight is 520 g/mol. The molecule has 0 fully saturated rings. The van der Waals surface area contributed by atoms with Crippen molar-refractivity contribution in [3.05, 3.63) is 59.8 Å². The highest BCUT2D eigenvalue weighted by Gasteiger charge is 2.37. The predicted octanol–water partition coefficient (Wildman–Crippen LogP) is 4.75. The Labute approximate surface area is 217 Å². The molecule has 5 heterocycles. The van der Waals surface area contributed by atoms with Gasteiger partial charge in [0.25, 0.3) is 0 Å². The highest BCUT2D eigenvalue weighted by molar-refractivity contribution is 5.92. The number of hydrogen-bond donors (Lipinski definition) is 0. The third-order valence-electron chi connectivity index (χ3n) is 6.49. The SMILES string of the molecule is COc1cccnc1-c1cc2c(n3cnnc13)N(C(=O)OC(C)(C)C)Cc1c(F)ccc3c1[C@H](CO3)CO2. The number of benzene rings is 1. The summed E-state index contributed by atoms with van der Waals surface area (Å²) in [6.45, 7) is 5.74. The molecule has 196 valence electrons. The van der Waals surface area contributed by atoms with Gasteiger partial charge in [0.05, 0.1) is 38.3 Å². The van der Waals surface area contributed by atoms with Crippen molar-refractivity contribution in [1.82, 2.24) is 19.6 Å². The van der Waals surface area contributed by atoms with Crippen LogP contribution in [0.2, 0.25) is 0 Å². The normalized spacial score (nSPS) is 16.4. The van der Waals surface area contributed by atoms with Crippen LogP contribution in [0, 0.1) is 5.82 Å². The van der Waals surface area contributed by atoms with Gasteiger partial charge in [0.1, 0.15) is 34.9 Å². The number of ether oxygens (including phenoxy) is 4. The van der Waals surface area contributed by atoms with Gasteiger partial charge in [-0.2, -0.15) is 0 Å². The minimum absolute atomic E-state index is 0.111. The molecule has 3 aromatic heterocycles. The molecule has 0 N–H and O–H groups in total. The molecule has 4 aromatic rings. The molecule has 1 amide bonds. The van der Waals surface area contributed by atoms with E-state index in [1.165, 1.54) is 17.3 Å². The zero-order chi connectivity index (χ0) is 26.6. The number of hydrogen-bond acceptors (Lipinski definition) is 8. The Morgan fingerprint density at radius 3 is 2.71 bits per heavy atom. The number of pyridine rings is 2. The monoisotopic (exact) mass is 519 g/mol. The minimum atomic E-state index is -0.799. The van der Waals surface area contributed by atoms with Gasteiger partial charge in [0, 0.05) is 17.3 Å². The molecule has 0 unspecified atom stereocenters. The highest BCUT2D eigenvalue weighted by Crippen LogP contribution is 2.44. The van der Waals surface area contributed by atoms with Crippen LogP contribution in [0.1, 0.15) is 37.8 Å². The van der Waals surface area contributed by atoms with Gasteiger partial charge < -0.3 is 18.9 Å². The van der Waals surface area contributed by atoms with E-state index in [0.717, 1.165) is 0 Å². The van der Waals surface area contributed by atoms with Crippen molar-refractivity contribution in [2.75, 3.05) is 25.2 Å². The predicted molar refractivity (Wildman–Crippen MR) is 135 cm³/mol. The summed E-state index contributed by atoms with van der Waals surface area (Å²) >= 11 is 0. The molecule has 0 saturated heterocycles. The summed E-state index contributed by atoms with van der Waals surface area (Å²) in [5, 5.41) is 8.43. The lowest BCUT2D eigenvalue weighted by Crippen LogP contribution is -2.38. The maximum Gasteiger partial charge on any atom is 0.416 e. The van der Waals surface area contributed by atoms with Gasteiger partial charge in [-0.3, -0.25) is 14.3 Å². The lowest BCUT2D eigenvalue weighted by Gasteiger charge is -2.29. The van der Waals surface area contributed by atoms with Crippen molar-refractivity contribution in [2.24, 2.45) is 0 Å². The molecule has 0 aliphatic carbocycles. The van der Waals surface area contributed by atoms with Crippen LogP contribution in [0.5, 0.6) is 17.2 Å². The van der Waals surface area contributed by atoms with Gasteiger partial charge in [-0.05, 0) is 51.1 Å². The van der Waals surface area contributed by atoms with Crippen molar-refractivity contribution in [3.8, 4) is 28.5 Å². The average Bonchev–Trinajstić information content (AvgIpc) is 3.53. The van der Waals surface area contributed by atoms with Gasteiger partial charge in [-0.1, -0.05) is 0 Å². The number of nitrogens with zero attached hydrogens (tertiary/aromatic N) is 5. The highest BCUT2D eigenvalue weighted by atomic mass is 19.1. The van der Waals surface area contributed by atoms with Gasteiger partial charge >= 0.3 is 6.09 Å². The number of carbonyl (C=O) groups excluding carboxylic acids is 1. The minimum Gasteiger partial charge on any atom is -0.494 e. The Balaban J connectivity index is 1.61. The lowest BCUT2D eigenvalue weighted by molar-refractivity contribution is 0.0574. The Bertz CT molecular complexity index is 1560. The second-order valence-electron chi connectivity index (χ2n) is 10.1. The molecule has 10 nitrogen and oxygen atoms in total. The van der Waals surface area contributed by atoms with E-state index in [4.69, 9.17) is 18.9 Å². The third-order valence-corrected chi connectivity index (χ3v) is 6.49. The van der Waals surface area contributed by atoms with Crippen LogP contribution in [0.25, 0.3) is 16.9 Å². The molecular formula is C27H26FN5O5. The van der Waals surface area contributed by atoms with E-state index in [-0.39, 0.29) is 19.1 Å². The standard InChI is InChI=1S/C27H26FN5O5/c1-27(2,3)38-26(34)32-11-17-18(28)7-8-19-22(17)15(12-36-19)13-37-21-10-16(23-20(35-4)6-5-9-29-23)24-31-30-14-33(24)25(21)32/h5-10,14-15H,11-13H2,1-4H3/t15-/m1/s1. The Kier molecular flexibility index (Phi) is 5.59. The molecule has 6 rings (SSSR count). The Morgan fingerprint density at radius 1 is 1.16 bits per heavy atom. The fourth-order valence-electron chi connectivity index (χ4n) is 4.90. The quantitative estimate of drug-likeness (QED) is 0.374. The first-order valence-corrected chi connectivity index (χ1v) is 12.2. The number of aromatic nitrogens is 4. The summed E-state index contributed by atoms with van der Waals surface area (Å²) in [7, 11) is 1.56. The van der Waals surface area contributed by atoms with Crippen LogP contribution >= 0.6 is 0 Å². The molecule has 0 radical (unpaired) electrons. The molecule has 0 bridgehead atoms. The van der Waals surface area contributed by atoms with Crippen LogP contribution in [0.15, 0.2) is 42.9 Å². The summed E-state index contributed by atoms with van der Waals surface area (Å²) in [5.74, 6) is 1.12. The van der Waals surface area contributed by atoms with Crippen LogP contribution in [-0.4, -0.2) is 51.6 Å². The van der Waals surface area contributed by atoms with E-state index in [2.05, 4.69) is 15.2 Å². The van der Waals surface area contributed by atoms with Crippen molar-refractivity contribution in [2.45, 2.75) is 38.8 Å². The maximum atomic E-state index is 15.3. The first kappa shape index (κ1) is 24.0. The van der Waals surface area contributed by atoms with Crippen LogP contribution in [0.4, 0.5) is 15.0 Å². The van der Waals surface area contributed by atoms with Crippen LogP contribution in [-0.2, 0) is 11.3 Å². The number of amides is 1. The fourth-order valence-corrected chi connectivity index (χ4v) is 4.90. The molecule has 0 spiro atoms. The molecule has 11 heteroatoms. The Morgan fingerprint density at radius 2 is 1.95 bits per heavy atom. The van der Waals surface area contributed by atoms with E-state index in [9.17, 15) is 4.79 Å². The number of methoxy groups -OCH3 is 1. The van der Waals surface area contributed by atoms with E-state index in [0.29, 0.717) is 57.7 Å². The van der Waals surface area contributed by atoms with E-state index in [1.807, 2.05) is 0 Å². The zero-order valence-electron chi connectivity index (χ0n) is 21.4. The topological polar surface area (TPSA) is 100 Å². The number of anilines is 1. The number of rotatable bonds is 2. The summed E-state index contributed by atoms with van der Waals surface area (Å²) in [6, 6.07) is 8.28. The van der Waals surface area contributed by atoms with E-state index < -0.39 is 17.5 Å². The summed E-state index contributed by atoms with van der Waals surface area (Å²) in [6.07, 6.45) is 2.46. The van der Waals surface area contributed by atoms with Crippen molar-refractivity contribution < 1.29 is 28.1 Å². The van der Waals surface area contributed by atoms with Crippen LogP contribution < -0.4 is 19.1 Å². The lowest BCUT2D eigenvalue weighted by atomic mass is 9.95. The van der Waals surface area contributed by atoms with E-state index in [1.54, 1.807) is 62.7 Å². The fraction of sp³-hybridized carbons (Fsp3) is 0.333. The number of carbonyl (C=O) groups is 1. The van der Waals surface area contributed by atoms with Gasteiger partial charge in [0.15, 0.2) is 17.2 Å². The number of halogens is 1. The molecule has 0 saturated carbocycles. The van der Waals surface area contributed by atoms with Crippen LogP contribution in [0.3, 0.4) is 0 Å². The molecular weight excluding hydrogens is 493 g/mol. The second-order valence-corrected chi connectivity index (χ2v) is 10.1. The first-order chi connectivity index (χ1) is 18.2. The summed E-state index contributed by atoms with van der Waals surface area (Å²) < 4.78 is 40.5. The van der Waals surface area contributed by atoms with Crippen molar-refractivity contribution >= 4 is 17.6 Å². The zero-order valence-corrected chi connectivity index (χ0v) is 21.4. The molecule has 1 atom stereocenters. The van der Waals surface area contributed by atoms with Gasteiger partial charge in [-0.25, -0.2) is 9.18 Å². The maximum absolute atomic E-state index is 15.3. The summed E-state index contributed by atoms with van der Waals surface area (Å²) in [5.41, 5.74) is 1.78. The third kappa shape index (κ3) is 3.94. The van der Waals surface area contributed by atoms with E-state index >= 15 is 4.39 Å². The first-order valence-electron chi connectivity index (χ1n) is 12.2. The van der Waals surface area contributed by atoms with Crippen molar-refractivity contribution in [1.29, 1.82) is 0 Å². The molecule has 2 aliphatic rings. The smallest absolute Gasteiger partial charge is 0.416 e. The Hall–Kier alpha value is -4.41. The second kappa shape index (κ2) is 8.86. The molecule has 38 heavy (non-hydrogen) atoms.